The van der Waals surface area contributed by atoms with Crippen LogP contribution in [0.2, 0.25) is 0 Å². The number of phosphoric acid groups is 1. The summed E-state index contributed by atoms with van der Waals surface area (Å²) in [6, 6.07) is 0. The second kappa shape index (κ2) is 70.7. The zero-order valence-corrected chi connectivity index (χ0v) is 60.3. The fourth-order valence-corrected chi connectivity index (χ4v) is 10.4. The van der Waals surface area contributed by atoms with Gasteiger partial charge in [0, 0.05) is 12.8 Å². The maximum Gasteiger partial charge on any atom is 0.306 e. The number of rotatable bonds is 66. The number of esters is 2. The van der Waals surface area contributed by atoms with Crippen molar-refractivity contribution >= 4 is 19.8 Å². The predicted octanol–water partition coefficient (Wildman–Crippen LogP) is 23.9. The summed E-state index contributed by atoms with van der Waals surface area (Å²) in [5, 5.41) is 0. The molecule has 10 heteroatoms. The van der Waals surface area contributed by atoms with Gasteiger partial charge in [0.05, 0.1) is 27.7 Å². The highest BCUT2D eigenvalue weighted by Crippen LogP contribution is 2.38. The Balaban J connectivity index is 4.05. The first kappa shape index (κ1) is 87.4. The number of carbonyl (C=O) groups is 2. The summed E-state index contributed by atoms with van der Waals surface area (Å²) in [6.07, 6.45) is 107. The lowest BCUT2D eigenvalue weighted by atomic mass is 10.0. The summed E-state index contributed by atoms with van der Waals surface area (Å²) < 4.78 is 34.3. The normalized spacial score (nSPS) is 14.1. The van der Waals surface area contributed by atoms with Crippen LogP contribution in [0.15, 0.2) is 170 Å². The van der Waals surface area contributed by atoms with E-state index in [0.717, 1.165) is 141 Å². The first-order valence-corrected chi connectivity index (χ1v) is 38.3. The zero-order valence-electron chi connectivity index (χ0n) is 59.4. The molecule has 0 aromatic heterocycles. The first-order chi connectivity index (χ1) is 45.0. The van der Waals surface area contributed by atoms with Gasteiger partial charge in [-0.1, -0.05) is 312 Å². The largest absolute Gasteiger partial charge is 0.756 e. The van der Waals surface area contributed by atoms with Crippen LogP contribution in [0.4, 0.5) is 0 Å². The summed E-state index contributed by atoms with van der Waals surface area (Å²) in [5.74, 6) is -0.858. The van der Waals surface area contributed by atoms with Gasteiger partial charge in [0.1, 0.15) is 19.8 Å². The highest BCUT2D eigenvalue weighted by molar-refractivity contribution is 7.45. The molecule has 0 saturated heterocycles. The van der Waals surface area contributed by atoms with Crippen LogP contribution in [-0.4, -0.2) is 70.0 Å². The van der Waals surface area contributed by atoms with Crippen LogP contribution < -0.4 is 4.89 Å². The second-order valence-electron chi connectivity index (χ2n) is 25.2. The Morgan fingerprint density at radius 1 is 0.337 bits per heavy atom. The van der Waals surface area contributed by atoms with E-state index in [4.69, 9.17) is 18.5 Å². The molecule has 2 unspecified atom stereocenters. The van der Waals surface area contributed by atoms with Gasteiger partial charge in [-0.2, -0.15) is 0 Å². The van der Waals surface area contributed by atoms with E-state index in [2.05, 4.69) is 184 Å². The molecule has 0 heterocycles. The number of quaternary nitrogens is 1. The van der Waals surface area contributed by atoms with Gasteiger partial charge < -0.3 is 27.9 Å². The maximum absolute atomic E-state index is 12.9. The van der Waals surface area contributed by atoms with Crippen molar-refractivity contribution in [3.63, 3.8) is 0 Å². The number of likely N-dealkylation sites (N-methyl/N-ethyl adjacent to an activating group) is 1. The van der Waals surface area contributed by atoms with Gasteiger partial charge in [-0.05, 0) is 128 Å². The van der Waals surface area contributed by atoms with E-state index < -0.39 is 32.5 Å². The molecule has 0 bridgehead atoms. The number of phosphoric ester groups is 1. The molecule has 0 fully saturated rings. The fourth-order valence-electron chi connectivity index (χ4n) is 9.68. The highest BCUT2D eigenvalue weighted by atomic mass is 31.2. The van der Waals surface area contributed by atoms with Crippen molar-refractivity contribution in [1.29, 1.82) is 0 Å². The average molecular weight is 1290 g/mol. The van der Waals surface area contributed by atoms with Gasteiger partial charge in [0.2, 0.25) is 0 Å². The summed E-state index contributed by atoms with van der Waals surface area (Å²) in [5.41, 5.74) is 0. The molecule has 9 nitrogen and oxygen atoms in total. The summed E-state index contributed by atoms with van der Waals surface area (Å²) in [6.45, 7) is 3.99. The van der Waals surface area contributed by atoms with Crippen molar-refractivity contribution < 1.29 is 42.1 Å². The van der Waals surface area contributed by atoms with Crippen molar-refractivity contribution in [3.05, 3.63) is 170 Å². The third-order valence-corrected chi connectivity index (χ3v) is 16.2. The number of carbonyl (C=O) groups excluding carboxylic acids is 2. The molecule has 0 aromatic rings. The van der Waals surface area contributed by atoms with Gasteiger partial charge in [-0.3, -0.25) is 14.2 Å². The lowest BCUT2D eigenvalue weighted by molar-refractivity contribution is -0.870. The SMILES string of the molecule is CC/C=C\C/C=C\C/C=C\C/C=C\C/C=C\C/C=C\C/C=C\CCCCCCCCCCCCCCCCCCCCCC(=O)OC(COC(=O)CCCCCCC/C=C\C/C=C\C/C=C\C/C=C\C/C=C\C/C=C\C/C=C\CC)COP(=O)([O-])OCC[N+](C)(C)C. The van der Waals surface area contributed by atoms with Gasteiger partial charge in [-0.15, -0.1) is 0 Å². The monoisotopic (exact) mass is 1290 g/mol. The molecule has 0 aliphatic carbocycles. The molecule has 0 spiro atoms. The lowest BCUT2D eigenvalue weighted by Crippen LogP contribution is -2.37. The van der Waals surface area contributed by atoms with Crippen LogP contribution >= 0.6 is 7.82 Å². The Labute approximate surface area is 566 Å². The quantitative estimate of drug-likeness (QED) is 0.0195. The van der Waals surface area contributed by atoms with Gasteiger partial charge >= 0.3 is 11.9 Å². The van der Waals surface area contributed by atoms with Gasteiger partial charge in [-0.25, -0.2) is 0 Å². The molecule has 0 amide bonds. The zero-order chi connectivity index (χ0) is 66.9. The standard InChI is InChI=1S/C82H136NO8P/c1-6-8-10-12-14-16-18-20-22-24-26-28-30-32-34-35-36-37-38-39-40-41-42-43-44-45-46-47-49-51-53-55-57-59-61-63-65-67-69-71-73-75-82(85)91-80(79-90-92(86,87)89-77-76-83(3,4)5)78-88-81(84)74-72-70-68-66-64-62-60-58-56-54-52-50-48-33-31-29-27-25-23-21-19-17-15-13-11-9-7-2/h8-11,14-17,20-23,26-29,32-34,36-37,39-40,48,52,54,58,60,80H,6-7,12-13,18-19,24-25,30-31,35,38,41-47,49-51,53,55-57,59,61-79H2,1-5H3/b10-8-,11-9-,16-14-,17-15-,22-20-,23-21-,28-26-,29-27-,34-32-,37-36-,40-39-,48-33-,54-52-,60-58-. The number of hydrogen-bond donors (Lipinski definition) is 0. The Morgan fingerprint density at radius 2 is 0.587 bits per heavy atom. The molecule has 0 aliphatic heterocycles. The first-order valence-electron chi connectivity index (χ1n) is 36.8. The predicted molar refractivity (Wildman–Crippen MR) is 396 cm³/mol. The van der Waals surface area contributed by atoms with E-state index in [1.165, 1.54) is 103 Å². The number of unbranched alkanes of at least 4 members (excludes halogenated alkanes) is 24. The second-order valence-corrected chi connectivity index (χ2v) is 26.6. The van der Waals surface area contributed by atoms with Crippen LogP contribution in [0.5, 0.6) is 0 Å². The van der Waals surface area contributed by atoms with E-state index in [0.29, 0.717) is 23.9 Å². The van der Waals surface area contributed by atoms with Crippen molar-refractivity contribution in [2.75, 3.05) is 47.5 Å². The Bertz CT molecular complexity index is 2160. The van der Waals surface area contributed by atoms with Crippen LogP contribution in [0.3, 0.4) is 0 Å². The minimum atomic E-state index is -4.66. The van der Waals surface area contributed by atoms with Crippen LogP contribution in [0.1, 0.15) is 284 Å². The summed E-state index contributed by atoms with van der Waals surface area (Å²) in [7, 11) is 1.14. The van der Waals surface area contributed by atoms with Gasteiger partial charge in [0.15, 0.2) is 6.10 Å². The summed E-state index contributed by atoms with van der Waals surface area (Å²) >= 11 is 0. The maximum atomic E-state index is 12.9. The fraction of sp³-hybridized carbons (Fsp3) is 0.634. The Morgan fingerprint density at radius 3 is 0.870 bits per heavy atom. The smallest absolute Gasteiger partial charge is 0.306 e. The van der Waals surface area contributed by atoms with E-state index in [9.17, 15) is 19.0 Å². The molecule has 522 valence electrons. The van der Waals surface area contributed by atoms with E-state index in [-0.39, 0.29) is 26.1 Å². The Kier molecular flexibility index (Phi) is 67.1. The molecule has 2 atom stereocenters. The van der Waals surface area contributed by atoms with Crippen LogP contribution in [-0.2, 0) is 32.7 Å². The molecule has 0 N–H and O–H groups in total. The average Bonchev–Trinajstić information content (AvgIpc) is 2.23. The van der Waals surface area contributed by atoms with E-state index in [1.807, 2.05) is 21.1 Å². The third kappa shape index (κ3) is 74.4. The highest BCUT2D eigenvalue weighted by Gasteiger charge is 2.22. The van der Waals surface area contributed by atoms with Crippen molar-refractivity contribution in [3.8, 4) is 0 Å². The lowest BCUT2D eigenvalue weighted by Gasteiger charge is -2.28. The van der Waals surface area contributed by atoms with Crippen molar-refractivity contribution in [2.24, 2.45) is 0 Å². The van der Waals surface area contributed by atoms with E-state index >= 15 is 0 Å². The molecule has 0 rings (SSSR count). The molecule has 0 aromatic carbocycles. The molecule has 0 saturated carbocycles. The summed E-state index contributed by atoms with van der Waals surface area (Å²) in [4.78, 5) is 38.1. The molecular formula is C82H136NO8P. The van der Waals surface area contributed by atoms with Crippen LogP contribution in [0.25, 0.3) is 0 Å². The van der Waals surface area contributed by atoms with Crippen molar-refractivity contribution in [2.45, 2.75) is 290 Å². The molecule has 0 radical (unpaired) electrons. The number of hydrogen-bond acceptors (Lipinski definition) is 8. The number of ether oxygens (including phenoxy) is 2. The third-order valence-electron chi connectivity index (χ3n) is 15.2. The van der Waals surface area contributed by atoms with Crippen molar-refractivity contribution in [1.82, 2.24) is 0 Å². The minimum absolute atomic E-state index is 0.0412. The molecule has 92 heavy (non-hydrogen) atoms. The molecule has 0 aliphatic rings. The van der Waals surface area contributed by atoms with Crippen LogP contribution in [0, 0.1) is 0 Å². The number of allylic oxidation sites excluding steroid dienone is 28. The molecular weight excluding hydrogens is 1160 g/mol. The number of nitrogens with zero attached hydrogens (tertiary/aromatic N) is 1. The minimum Gasteiger partial charge on any atom is -0.756 e. The topological polar surface area (TPSA) is 111 Å². The Hall–Kier alpha value is -4.63. The van der Waals surface area contributed by atoms with E-state index in [1.54, 1.807) is 0 Å². The van der Waals surface area contributed by atoms with Gasteiger partial charge in [0.25, 0.3) is 7.82 Å².